The highest BCUT2D eigenvalue weighted by molar-refractivity contribution is 9.10. The number of nitrogens with zero attached hydrogens (tertiary/aromatic N) is 4. The van der Waals surface area contributed by atoms with Gasteiger partial charge < -0.3 is 5.11 Å². The van der Waals surface area contributed by atoms with Gasteiger partial charge >= 0.3 is 0 Å². The number of hydrogen-bond acceptors (Lipinski definition) is 5. The smallest absolute Gasteiger partial charge is 0.230 e. The third kappa shape index (κ3) is 2.74. The summed E-state index contributed by atoms with van der Waals surface area (Å²) in [5.41, 5.74) is 1.19. The van der Waals surface area contributed by atoms with Crippen LogP contribution in [0.1, 0.15) is 42.1 Å². The Morgan fingerprint density at radius 2 is 1.96 bits per heavy atom. The van der Waals surface area contributed by atoms with Gasteiger partial charge in [0.15, 0.2) is 5.82 Å². The van der Waals surface area contributed by atoms with Gasteiger partial charge in [0.25, 0.3) is 0 Å². The van der Waals surface area contributed by atoms with Gasteiger partial charge in [-0.25, -0.2) is 4.98 Å². The van der Waals surface area contributed by atoms with Crippen LogP contribution < -0.4 is 0 Å². The lowest BCUT2D eigenvalue weighted by Crippen LogP contribution is -2.26. The molecule has 1 N–H and O–H groups in total. The molecule has 1 fully saturated rings. The summed E-state index contributed by atoms with van der Waals surface area (Å²) < 4.78 is 2.65. The van der Waals surface area contributed by atoms with Crippen molar-refractivity contribution in [2.24, 2.45) is 0 Å². The highest BCUT2D eigenvalue weighted by atomic mass is 79.9. The predicted octanol–water partition coefficient (Wildman–Crippen LogP) is 4.01. The van der Waals surface area contributed by atoms with Crippen molar-refractivity contribution in [2.75, 3.05) is 13.1 Å². The van der Waals surface area contributed by atoms with Crippen LogP contribution in [0.5, 0.6) is 5.88 Å². The molecule has 1 aliphatic heterocycles. The number of hydrogen-bond donors (Lipinski definition) is 1. The van der Waals surface area contributed by atoms with E-state index in [4.69, 9.17) is 0 Å². The lowest BCUT2D eigenvalue weighted by Gasteiger charge is -2.27. The van der Waals surface area contributed by atoms with Crippen molar-refractivity contribution < 1.29 is 5.11 Å². The van der Waals surface area contributed by atoms with E-state index in [9.17, 15) is 5.11 Å². The number of aromatic hydroxyl groups is 1. The second-order valence-electron chi connectivity index (χ2n) is 6.06. The third-order valence-electron chi connectivity index (χ3n) is 4.50. The summed E-state index contributed by atoms with van der Waals surface area (Å²) in [6, 6.07) is 8.42. The van der Waals surface area contributed by atoms with E-state index in [-0.39, 0.29) is 11.9 Å². The molecule has 1 saturated heterocycles. The predicted molar refractivity (Wildman–Crippen MR) is 98.7 cm³/mol. The van der Waals surface area contributed by atoms with E-state index in [0.717, 1.165) is 39.6 Å². The first-order chi connectivity index (χ1) is 11.7. The number of benzene rings is 1. The highest BCUT2D eigenvalue weighted by Gasteiger charge is 2.30. The number of likely N-dealkylation sites (tertiary alicyclic amines) is 1. The minimum atomic E-state index is 0.0548. The van der Waals surface area contributed by atoms with Crippen molar-refractivity contribution in [1.82, 2.24) is 19.5 Å². The molecular formula is C17H19BrN4OS. The monoisotopic (exact) mass is 406 g/mol. The second-order valence-corrected chi connectivity index (χ2v) is 7.99. The summed E-state index contributed by atoms with van der Waals surface area (Å²) in [7, 11) is 0. The first-order valence-electron chi connectivity index (χ1n) is 8.24. The standard InChI is InChI=1S/C17H19BrN4OS/c1-2-13-19-17-22(20-13)16(23)15(24-17)14(21-9-3-4-10-21)11-5-7-12(18)8-6-11/h5-8,14,23H,2-4,9-10H2,1H3/t14-/m0/s1. The highest BCUT2D eigenvalue weighted by Crippen LogP contribution is 2.41. The molecule has 1 aromatic carbocycles. The maximum absolute atomic E-state index is 10.8. The van der Waals surface area contributed by atoms with Gasteiger partial charge in [-0.1, -0.05) is 46.3 Å². The van der Waals surface area contributed by atoms with Gasteiger partial charge in [0, 0.05) is 10.9 Å². The van der Waals surface area contributed by atoms with Gasteiger partial charge in [0.1, 0.15) is 0 Å². The molecule has 3 heterocycles. The SMILES string of the molecule is CCc1nc2sc([C@H](c3ccc(Br)cc3)N3CCCC3)c(O)n2n1. The number of halogens is 1. The lowest BCUT2D eigenvalue weighted by molar-refractivity contribution is 0.277. The fourth-order valence-corrected chi connectivity index (χ4v) is 4.69. The van der Waals surface area contributed by atoms with Crippen molar-refractivity contribution in [3.05, 3.63) is 45.0 Å². The Labute approximate surface area is 153 Å². The fraction of sp³-hybridized carbons (Fsp3) is 0.412. The summed E-state index contributed by atoms with van der Waals surface area (Å²) in [5.74, 6) is 0.992. The number of aryl methyl sites for hydroxylation is 1. The molecule has 0 unspecified atom stereocenters. The van der Waals surface area contributed by atoms with Crippen molar-refractivity contribution in [3.8, 4) is 5.88 Å². The zero-order valence-electron chi connectivity index (χ0n) is 13.4. The first-order valence-corrected chi connectivity index (χ1v) is 9.85. The van der Waals surface area contributed by atoms with E-state index in [0.29, 0.717) is 0 Å². The van der Waals surface area contributed by atoms with E-state index < -0.39 is 0 Å². The average molecular weight is 407 g/mol. The summed E-state index contributed by atoms with van der Waals surface area (Å²) >= 11 is 5.04. The fourth-order valence-electron chi connectivity index (χ4n) is 3.29. The molecule has 0 aliphatic carbocycles. The molecule has 0 radical (unpaired) electrons. The van der Waals surface area contributed by atoms with Crippen LogP contribution in [0.4, 0.5) is 0 Å². The largest absolute Gasteiger partial charge is 0.492 e. The minimum absolute atomic E-state index is 0.0548. The lowest BCUT2D eigenvalue weighted by atomic mass is 10.0. The van der Waals surface area contributed by atoms with Gasteiger partial charge in [-0.05, 0) is 43.6 Å². The second kappa shape index (κ2) is 6.46. The number of aromatic nitrogens is 3. The Balaban J connectivity index is 1.82. The van der Waals surface area contributed by atoms with E-state index in [2.05, 4.69) is 55.2 Å². The Kier molecular flexibility index (Phi) is 4.32. The molecule has 5 nitrogen and oxygen atoms in total. The van der Waals surface area contributed by atoms with E-state index in [1.807, 2.05) is 6.92 Å². The van der Waals surface area contributed by atoms with Crippen LogP contribution in [0, 0.1) is 0 Å². The molecular weight excluding hydrogens is 388 g/mol. The van der Waals surface area contributed by atoms with Crippen molar-refractivity contribution in [2.45, 2.75) is 32.2 Å². The quantitative estimate of drug-likeness (QED) is 0.710. The molecule has 0 amide bonds. The van der Waals surface area contributed by atoms with E-state index >= 15 is 0 Å². The minimum Gasteiger partial charge on any atom is -0.492 e. The maximum Gasteiger partial charge on any atom is 0.230 e. The molecule has 126 valence electrons. The maximum atomic E-state index is 10.8. The van der Waals surface area contributed by atoms with Crippen molar-refractivity contribution in [3.63, 3.8) is 0 Å². The van der Waals surface area contributed by atoms with Crippen LogP contribution in [0.2, 0.25) is 0 Å². The zero-order valence-corrected chi connectivity index (χ0v) is 15.8. The van der Waals surface area contributed by atoms with E-state index in [1.54, 1.807) is 15.9 Å². The molecule has 4 rings (SSSR count). The van der Waals surface area contributed by atoms with Gasteiger partial charge in [0.05, 0.1) is 10.9 Å². The summed E-state index contributed by atoms with van der Waals surface area (Å²) in [6.45, 7) is 4.12. The molecule has 3 aromatic rings. The summed E-state index contributed by atoms with van der Waals surface area (Å²) in [6.07, 6.45) is 3.18. The molecule has 0 spiro atoms. The van der Waals surface area contributed by atoms with E-state index in [1.165, 1.54) is 18.4 Å². The number of fused-ring (bicyclic) bond motifs is 1. The van der Waals surface area contributed by atoms with Gasteiger partial charge in [-0.15, -0.1) is 5.10 Å². The number of thiazole rings is 1. The Morgan fingerprint density at radius 3 is 2.58 bits per heavy atom. The van der Waals surface area contributed by atoms with Crippen LogP contribution in [0.15, 0.2) is 28.7 Å². The Morgan fingerprint density at radius 1 is 1.25 bits per heavy atom. The van der Waals surface area contributed by atoms with Crippen LogP contribution >= 0.6 is 27.3 Å². The molecule has 1 atom stereocenters. The Bertz CT molecular complexity index is 851. The van der Waals surface area contributed by atoms with Gasteiger partial charge in [-0.2, -0.15) is 4.52 Å². The molecule has 0 bridgehead atoms. The van der Waals surface area contributed by atoms with Crippen molar-refractivity contribution >= 4 is 32.2 Å². The molecule has 7 heteroatoms. The third-order valence-corrected chi connectivity index (χ3v) is 6.10. The van der Waals surface area contributed by atoms with Crippen LogP contribution in [0.3, 0.4) is 0 Å². The number of rotatable bonds is 4. The molecule has 1 aliphatic rings. The molecule has 24 heavy (non-hydrogen) atoms. The van der Waals surface area contributed by atoms with Crippen LogP contribution in [-0.4, -0.2) is 37.7 Å². The molecule has 2 aromatic heterocycles. The molecule has 0 saturated carbocycles. The van der Waals surface area contributed by atoms with Crippen molar-refractivity contribution in [1.29, 1.82) is 0 Å². The zero-order chi connectivity index (χ0) is 16.7. The van der Waals surface area contributed by atoms with Crippen LogP contribution in [-0.2, 0) is 6.42 Å². The summed E-state index contributed by atoms with van der Waals surface area (Å²) in [5, 5.41) is 15.2. The Hall–Kier alpha value is -1.44. The average Bonchev–Trinajstić information content (AvgIpc) is 3.29. The van der Waals surface area contributed by atoms with Gasteiger partial charge in [0.2, 0.25) is 10.8 Å². The normalized spacial score (nSPS) is 16.9. The summed E-state index contributed by atoms with van der Waals surface area (Å²) in [4.78, 5) is 8.65. The first kappa shape index (κ1) is 16.1. The topological polar surface area (TPSA) is 53.7 Å². The van der Waals surface area contributed by atoms with Gasteiger partial charge in [-0.3, -0.25) is 4.90 Å². The van der Waals surface area contributed by atoms with Crippen LogP contribution in [0.25, 0.3) is 4.96 Å².